The molecule has 0 saturated heterocycles. The summed E-state index contributed by atoms with van der Waals surface area (Å²) in [6.07, 6.45) is 1.64. The fraction of sp³-hybridized carbons (Fsp3) is 0.0645. The molecule has 0 aromatic heterocycles. The van der Waals surface area contributed by atoms with E-state index in [0.29, 0.717) is 22.0 Å². The largest absolute Gasteiger partial charge is 0.325 e. The average molecular weight is 556 g/mol. The van der Waals surface area contributed by atoms with E-state index in [4.69, 9.17) is 11.6 Å². The lowest BCUT2D eigenvalue weighted by molar-refractivity contribution is -0.114. The van der Waals surface area contributed by atoms with Gasteiger partial charge in [0, 0.05) is 26.9 Å². The van der Waals surface area contributed by atoms with Crippen LogP contribution in [0.25, 0.3) is 6.08 Å². The Morgan fingerprint density at radius 3 is 2.26 bits per heavy atom. The summed E-state index contributed by atoms with van der Waals surface area (Å²) in [6.45, 7) is 1.96. The van der Waals surface area contributed by atoms with Gasteiger partial charge in [0.2, 0.25) is 5.91 Å². The van der Waals surface area contributed by atoms with E-state index in [-0.39, 0.29) is 23.3 Å². The van der Waals surface area contributed by atoms with Crippen LogP contribution in [0, 0.1) is 6.92 Å². The van der Waals surface area contributed by atoms with Gasteiger partial charge in [-0.25, -0.2) is 0 Å². The van der Waals surface area contributed by atoms with Crippen LogP contribution >= 0.6 is 23.4 Å². The number of anilines is 2. The highest BCUT2D eigenvalue weighted by Crippen LogP contribution is 2.23. The molecule has 4 aromatic rings. The maximum absolute atomic E-state index is 13.3. The monoisotopic (exact) mass is 555 g/mol. The van der Waals surface area contributed by atoms with Gasteiger partial charge in [0.15, 0.2) is 0 Å². The van der Waals surface area contributed by atoms with Crippen LogP contribution in [-0.4, -0.2) is 23.5 Å². The molecule has 6 nitrogen and oxygen atoms in total. The minimum absolute atomic E-state index is 0.105. The van der Waals surface area contributed by atoms with Crippen molar-refractivity contribution >= 4 is 58.5 Å². The Balaban J connectivity index is 1.45. The van der Waals surface area contributed by atoms with Gasteiger partial charge >= 0.3 is 0 Å². The summed E-state index contributed by atoms with van der Waals surface area (Å²) in [7, 11) is 0. The average Bonchev–Trinajstić information content (AvgIpc) is 2.92. The minimum Gasteiger partial charge on any atom is -0.325 e. The van der Waals surface area contributed by atoms with Crippen molar-refractivity contribution in [3.05, 3.63) is 131 Å². The molecular formula is C31H26ClN3O3S. The molecule has 3 N–H and O–H groups in total. The van der Waals surface area contributed by atoms with Crippen molar-refractivity contribution < 1.29 is 14.4 Å². The van der Waals surface area contributed by atoms with Gasteiger partial charge in [-0.3, -0.25) is 14.4 Å². The van der Waals surface area contributed by atoms with Crippen LogP contribution in [0.3, 0.4) is 0 Å². The standard InChI is InChI=1S/C31H26ClN3O3S/c1-21-8-5-9-22(16-21)17-28(35-30(37)23-10-3-2-4-11-23)31(38)34-26-14-7-15-27(19-26)39-20-29(36)33-25-13-6-12-24(32)18-25/h2-19H,20H2,1H3,(H,33,36)(H,34,38)(H,35,37)/b28-17+. The van der Waals surface area contributed by atoms with Gasteiger partial charge < -0.3 is 16.0 Å². The Hall–Kier alpha value is -4.33. The van der Waals surface area contributed by atoms with Crippen LogP contribution in [0.5, 0.6) is 0 Å². The summed E-state index contributed by atoms with van der Waals surface area (Å²) in [5.41, 5.74) is 3.51. The lowest BCUT2D eigenvalue weighted by atomic mass is 10.1. The SMILES string of the molecule is Cc1cccc(/C=C(/NC(=O)c2ccccc2)C(=O)Nc2cccc(SCC(=O)Nc3cccc(Cl)c3)c2)c1. The number of halogens is 1. The number of aryl methyl sites for hydroxylation is 1. The number of benzene rings is 4. The van der Waals surface area contributed by atoms with Gasteiger partial charge in [-0.05, 0) is 67.1 Å². The quantitative estimate of drug-likeness (QED) is 0.157. The molecule has 0 radical (unpaired) electrons. The first-order valence-corrected chi connectivity index (χ1v) is 13.5. The summed E-state index contributed by atoms with van der Waals surface area (Å²) in [5.74, 6) is -0.861. The van der Waals surface area contributed by atoms with Crippen LogP contribution < -0.4 is 16.0 Å². The van der Waals surface area contributed by atoms with Gasteiger partial charge in [-0.15, -0.1) is 11.8 Å². The maximum atomic E-state index is 13.3. The zero-order chi connectivity index (χ0) is 27.6. The van der Waals surface area contributed by atoms with Gasteiger partial charge in [-0.1, -0.05) is 71.8 Å². The molecule has 0 saturated carbocycles. The van der Waals surface area contributed by atoms with E-state index in [1.807, 2.05) is 43.3 Å². The fourth-order valence-electron chi connectivity index (χ4n) is 3.64. The van der Waals surface area contributed by atoms with Crippen LogP contribution in [0.1, 0.15) is 21.5 Å². The third-order valence-corrected chi connectivity index (χ3v) is 6.68. The van der Waals surface area contributed by atoms with Crippen molar-refractivity contribution in [2.75, 3.05) is 16.4 Å². The Morgan fingerprint density at radius 1 is 0.795 bits per heavy atom. The Bertz CT molecular complexity index is 1520. The van der Waals surface area contributed by atoms with Gasteiger partial charge in [0.1, 0.15) is 5.70 Å². The second-order valence-electron chi connectivity index (χ2n) is 8.62. The summed E-state index contributed by atoms with van der Waals surface area (Å²) in [5, 5.41) is 8.96. The number of hydrogen-bond acceptors (Lipinski definition) is 4. The second-order valence-corrected chi connectivity index (χ2v) is 10.1. The second kappa shape index (κ2) is 13.5. The molecule has 0 spiro atoms. The highest BCUT2D eigenvalue weighted by atomic mass is 35.5. The van der Waals surface area contributed by atoms with E-state index in [2.05, 4.69) is 16.0 Å². The number of rotatable bonds is 9. The molecule has 39 heavy (non-hydrogen) atoms. The molecule has 3 amide bonds. The highest BCUT2D eigenvalue weighted by Gasteiger charge is 2.15. The van der Waals surface area contributed by atoms with Crippen LogP contribution in [-0.2, 0) is 9.59 Å². The molecule has 196 valence electrons. The van der Waals surface area contributed by atoms with E-state index in [1.54, 1.807) is 72.8 Å². The molecule has 0 bridgehead atoms. The van der Waals surface area contributed by atoms with Crippen LogP contribution in [0.4, 0.5) is 11.4 Å². The molecule has 0 heterocycles. The zero-order valence-corrected chi connectivity index (χ0v) is 22.7. The lowest BCUT2D eigenvalue weighted by Crippen LogP contribution is -2.30. The summed E-state index contributed by atoms with van der Waals surface area (Å²) >= 11 is 7.31. The lowest BCUT2D eigenvalue weighted by Gasteiger charge is -2.12. The van der Waals surface area contributed by atoms with Crippen molar-refractivity contribution in [1.82, 2.24) is 5.32 Å². The zero-order valence-electron chi connectivity index (χ0n) is 21.1. The summed E-state index contributed by atoms with van der Waals surface area (Å²) < 4.78 is 0. The smallest absolute Gasteiger partial charge is 0.272 e. The number of carbonyl (C=O) groups is 3. The fourth-order valence-corrected chi connectivity index (χ4v) is 4.59. The normalized spacial score (nSPS) is 11.0. The molecular weight excluding hydrogens is 530 g/mol. The number of carbonyl (C=O) groups excluding carboxylic acids is 3. The number of amides is 3. The molecule has 0 fully saturated rings. The molecule has 4 rings (SSSR count). The van der Waals surface area contributed by atoms with Gasteiger partial charge in [0.25, 0.3) is 11.8 Å². The minimum atomic E-state index is -0.471. The Morgan fingerprint density at radius 2 is 1.51 bits per heavy atom. The van der Waals surface area contributed by atoms with Crippen LogP contribution in [0.15, 0.2) is 114 Å². The topological polar surface area (TPSA) is 87.3 Å². The van der Waals surface area contributed by atoms with Crippen molar-refractivity contribution in [3.8, 4) is 0 Å². The van der Waals surface area contributed by atoms with E-state index in [0.717, 1.165) is 16.0 Å². The summed E-state index contributed by atoms with van der Waals surface area (Å²) in [4.78, 5) is 39.3. The van der Waals surface area contributed by atoms with E-state index >= 15 is 0 Å². The first-order chi connectivity index (χ1) is 18.9. The maximum Gasteiger partial charge on any atom is 0.272 e. The summed E-state index contributed by atoms with van der Waals surface area (Å²) in [6, 6.07) is 30.5. The van der Waals surface area contributed by atoms with E-state index < -0.39 is 5.91 Å². The third-order valence-electron chi connectivity index (χ3n) is 5.45. The number of nitrogens with one attached hydrogen (secondary N) is 3. The Labute approximate surface area is 236 Å². The van der Waals surface area contributed by atoms with Crippen molar-refractivity contribution in [2.24, 2.45) is 0 Å². The van der Waals surface area contributed by atoms with Gasteiger partial charge in [0.05, 0.1) is 5.75 Å². The molecule has 0 aliphatic carbocycles. The molecule has 0 unspecified atom stereocenters. The molecule has 8 heteroatoms. The van der Waals surface area contributed by atoms with Crippen LogP contribution in [0.2, 0.25) is 5.02 Å². The van der Waals surface area contributed by atoms with Crippen molar-refractivity contribution in [1.29, 1.82) is 0 Å². The molecule has 0 atom stereocenters. The highest BCUT2D eigenvalue weighted by molar-refractivity contribution is 8.00. The van der Waals surface area contributed by atoms with E-state index in [1.165, 1.54) is 11.8 Å². The van der Waals surface area contributed by atoms with Gasteiger partial charge in [-0.2, -0.15) is 0 Å². The molecule has 0 aliphatic rings. The van der Waals surface area contributed by atoms with Crippen molar-refractivity contribution in [2.45, 2.75) is 11.8 Å². The third kappa shape index (κ3) is 8.60. The predicted molar refractivity (Wildman–Crippen MR) is 159 cm³/mol. The molecule has 4 aromatic carbocycles. The van der Waals surface area contributed by atoms with Crippen molar-refractivity contribution in [3.63, 3.8) is 0 Å². The predicted octanol–water partition coefficient (Wildman–Crippen LogP) is 6.79. The first kappa shape index (κ1) is 27.7. The molecule has 0 aliphatic heterocycles. The first-order valence-electron chi connectivity index (χ1n) is 12.1. The number of thioether (sulfide) groups is 1. The Kier molecular flexibility index (Phi) is 9.56. The van der Waals surface area contributed by atoms with E-state index in [9.17, 15) is 14.4 Å². The number of hydrogen-bond donors (Lipinski definition) is 3.